The normalized spacial score (nSPS) is 22.7. The number of fused-ring (bicyclic) bond motifs is 2. The summed E-state index contributed by atoms with van der Waals surface area (Å²) in [6, 6.07) is 15.5. The molecule has 4 rings (SSSR count). The summed E-state index contributed by atoms with van der Waals surface area (Å²) in [4.78, 5) is 14.7. The average molecular weight is 413 g/mol. The highest BCUT2D eigenvalue weighted by Gasteiger charge is 2.49. The third-order valence-electron chi connectivity index (χ3n) is 5.44. The van der Waals surface area contributed by atoms with Crippen molar-refractivity contribution in [3.8, 4) is 22.9 Å². The Morgan fingerprint density at radius 1 is 1.35 bits per heavy atom. The fraction of sp³-hybridized carbons (Fsp3) is 0.208. The molecule has 2 aromatic carbocycles. The molecular weight excluding hydrogens is 390 g/mol. The number of nitrogens with two attached hydrogens (primary N) is 1. The number of rotatable bonds is 4. The first-order valence-electron chi connectivity index (χ1n) is 9.88. The lowest BCUT2D eigenvalue weighted by atomic mass is 9.87. The second kappa shape index (κ2) is 8.09. The fourth-order valence-corrected chi connectivity index (χ4v) is 3.90. The molecule has 0 bridgehead atoms. The van der Waals surface area contributed by atoms with Gasteiger partial charge in [0, 0.05) is 19.7 Å². The quantitative estimate of drug-likeness (QED) is 0.606. The molecule has 31 heavy (non-hydrogen) atoms. The van der Waals surface area contributed by atoms with Crippen LogP contribution in [0.1, 0.15) is 24.5 Å². The second-order valence-electron chi connectivity index (χ2n) is 7.34. The van der Waals surface area contributed by atoms with Crippen molar-refractivity contribution in [1.82, 2.24) is 5.06 Å². The lowest BCUT2D eigenvalue weighted by Crippen LogP contribution is -2.40. The Morgan fingerprint density at radius 3 is 2.84 bits per heavy atom. The average Bonchev–Trinajstić information content (AvgIpc) is 3.07. The summed E-state index contributed by atoms with van der Waals surface area (Å²) in [7, 11) is 1.73. The van der Waals surface area contributed by atoms with E-state index in [9.17, 15) is 5.26 Å². The van der Waals surface area contributed by atoms with Gasteiger partial charge in [0.05, 0.1) is 17.2 Å². The number of guanidine groups is 1. The van der Waals surface area contributed by atoms with Crippen LogP contribution in [0.15, 0.2) is 76.4 Å². The lowest BCUT2D eigenvalue weighted by Gasteiger charge is -2.37. The summed E-state index contributed by atoms with van der Waals surface area (Å²) < 4.78 is 6.33. The molecule has 2 unspecified atom stereocenters. The van der Waals surface area contributed by atoms with Crippen LogP contribution in [-0.4, -0.2) is 30.9 Å². The van der Waals surface area contributed by atoms with E-state index in [2.05, 4.69) is 17.8 Å². The Morgan fingerprint density at radius 2 is 2.16 bits per heavy atom. The first-order valence-corrected chi connectivity index (χ1v) is 9.88. The summed E-state index contributed by atoms with van der Waals surface area (Å²) in [6.07, 6.45) is 5.60. The maximum absolute atomic E-state index is 9.24. The van der Waals surface area contributed by atoms with Crippen molar-refractivity contribution in [2.45, 2.75) is 25.2 Å². The summed E-state index contributed by atoms with van der Waals surface area (Å²) in [6.45, 7) is 5.44. The number of aliphatic imine (C=N–C) groups is 2. The Balaban J connectivity index is 1.82. The van der Waals surface area contributed by atoms with Gasteiger partial charge < -0.3 is 10.5 Å². The molecule has 1 spiro atoms. The lowest BCUT2D eigenvalue weighted by molar-refractivity contribution is -0.188. The van der Waals surface area contributed by atoms with Crippen molar-refractivity contribution >= 4 is 12.7 Å². The number of allylic oxidation sites excluding steroid dienone is 1. The smallest absolute Gasteiger partial charge is 0.222 e. The van der Waals surface area contributed by atoms with E-state index in [1.54, 1.807) is 19.3 Å². The summed E-state index contributed by atoms with van der Waals surface area (Å²) in [5.74, 6) is 0.969. The molecule has 0 aromatic heterocycles. The molecule has 0 fully saturated rings. The molecule has 2 aliphatic heterocycles. The zero-order valence-electron chi connectivity index (χ0n) is 17.4. The topological polar surface area (TPSA) is 96.2 Å². The number of ether oxygens (including phenoxy) is 1. The zero-order chi connectivity index (χ0) is 22.0. The van der Waals surface area contributed by atoms with Gasteiger partial charge in [-0.2, -0.15) is 5.26 Å². The molecule has 0 saturated carbocycles. The number of hydrogen-bond acceptors (Lipinski definition) is 7. The van der Waals surface area contributed by atoms with Gasteiger partial charge >= 0.3 is 0 Å². The predicted molar refractivity (Wildman–Crippen MR) is 120 cm³/mol. The number of benzene rings is 2. The molecule has 2 atom stereocenters. The molecule has 7 heteroatoms. The predicted octanol–water partition coefficient (Wildman–Crippen LogP) is 3.88. The first kappa shape index (κ1) is 20.4. The van der Waals surface area contributed by atoms with Gasteiger partial charge in [0.25, 0.3) is 0 Å². The highest BCUT2D eigenvalue weighted by molar-refractivity contribution is 5.79. The van der Waals surface area contributed by atoms with Crippen LogP contribution in [0.5, 0.6) is 5.75 Å². The monoisotopic (exact) mass is 413 g/mol. The standard InChI is InChI=1S/C24H23N5O2/c1-4-17(10-11-27-2)22-14-24(28-23(26)29(3)31-24)20-13-19(8-9-21(20)30-22)18-7-5-6-16(12-18)15-25/h4-13,22H,2,14H2,1,3H3,(H2,26,28)/b11-10-,17-4+. The van der Waals surface area contributed by atoms with Crippen molar-refractivity contribution in [3.05, 3.63) is 77.5 Å². The van der Waals surface area contributed by atoms with E-state index in [0.29, 0.717) is 23.7 Å². The van der Waals surface area contributed by atoms with E-state index in [1.807, 2.05) is 55.5 Å². The van der Waals surface area contributed by atoms with Crippen LogP contribution in [0, 0.1) is 11.3 Å². The van der Waals surface area contributed by atoms with Crippen LogP contribution in [0.2, 0.25) is 0 Å². The molecule has 0 aliphatic carbocycles. The molecule has 7 nitrogen and oxygen atoms in total. The minimum absolute atomic E-state index is 0.300. The van der Waals surface area contributed by atoms with Crippen LogP contribution < -0.4 is 10.5 Å². The third-order valence-corrected chi connectivity index (χ3v) is 5.44. The number of hydrogen-bond donors (Lipinski definition) is 1. The van der Waals surface area contributed by atoms with Crippen molar-refractivity contribution in [2.75, 3.05) is 7.05 Å². The van der Waals surface area contributed by atoms with E-state index < -0.39 is 5.72 Å². The van der Waals surface area contributed by atoms with Crippen LogP contribution in [-0.2, 0) is 10.6 Å². The largest absolute Gasteiger partial charge is 0.485 e. The van der Waals surface area contributed by atoms with E-state index in [0.717, 1.165) is 22.3 Å². The molecule has 2 aliphatic rings. The third kappa shape index (κ3) is 3.69. The van der Waals surface area contributed by atoms with Gasteiger partial charge in [-0.3, -0.25) is 4.99 Å². The summed E-state index contributed by atoms with van der Waals surface area (Å²) >= 11 is 0. The highest BCUT2D eigenvalue weighted by Crippen LogP contribution is 2.48. The van der Waals surface area contributed by atoms with Crippen molar-refractivity contribution in [3.63, 3.8) is 0 Å². The SMILES string of the molecule is C=N/C=C\C(=C/C)C1CC2(N=C(N)N(C)O2)c2cc(-c3cccc(C#N)c3)ccc2O1. The molecule has 0 radical (unpaired) electrons. The molecule has 2 aromatic rings. The first-order chi connectivity index (χ1) is 15.0. The number of hydroxylamine groups is 2. The van der Waals surface area contributed by atoms with Crippen LogP contribution in [0.25, 0.3) is 11.1 Å². The number of nitrogens with zero attached hydrogens (tertiary/aromatic N) is 4. The van der Waals surface area contributed by atoms with E-state index in [-0.39, 0.29) is 6.10 Å². The van der Waals surface area contributed by atoms with Gasteiger partial charge in [-0.15, -0.1) is 0 Å². The van der Waals surface area contributed by atoms with E-state index >= 15 is 0 Å². The Labute approximate surface area is 181 Å². The van der Waals surface area contributed by atoms with Gasteiger partial charge in [-0.1, -0.05) is 24.3 Å². The zero-order valence-corrected chi connectivity index (χ0v) is 17.4. The molecule has 2 heterocycles. The highest BCUT2D eigenvalue weighted by atomic mass is 16.7. The minimum Gasteiger partial charge on any atom is -0.485 e. The molecule has 156 valence electrons. The van der Waals surface area contributed by atoms with Crippen LogP contribution >= 0.6 is 0 Å². The van der Waals surface area contributed by atoms with Crippen molar-refractivity contribution < 1.29 is 9.57 Å². The fourth-order valence-electron chi connectivity index (χ4n) is 3.90. The molecular formula is C24H23N5O2. The maximum Gasteiger partial charge on any atom is 0.222 e. The molecule has 2 N–H and O–H groups in total. The van der Waals surface area contributed by atoms with Crippen molar-refractivity contribution in [2.24, 2.45) is 15.7 Å². The molecule has 0 saturated heterocycles. The van der Waals surface area contributed by atoms with Gasteiger partial charge in [0.15, 0.2) is 0 Å². The minimum atomic E-state index is -1.01. The Kier molecular flexibility index (Phi) is 5.32. The van der Waals surface area contributed by atoms with Gasteiger partial charge in [-0.25, -0.2) is 14.9 Å². The van der Waals surface area contributed by atoms with Gasteiger partial charge in [-0.05, 0) is 60.7 Å². The van der Waals surface area contributed by atoms with E-state index in [1.165, 1.54) is 5.06 Å². The summed E-state index contributed by atoms with van der Waals surface area (Å²) in [5, 5.41) is 10.7. The molecule has 0 amide bonds. The van der Waals surface area contributed by atoms with Crippen LogP contribution in [0.3, 0.4) is 0 Å². The van der Waals surface area contributed by atoms with Gasteiger partial charge in [0.1, 0.15) is 11.9 Å². The van der Waals surface area contributed by atoms with Gasteiger partial charge in [0.2, 0.25) is 11.7 Å². The Bertz CT molecular complexity index is 1160. The van der Waals surface area contributed by atoms with Crippen molar-refractivity contribution in [1.29, 1.82) is 5.26 Å². The number of nitriles is 1. The summed E-state index contributed by atoms with van der Waals surface area (Å²) in [5.41, 5.74) is 9.26. The second-order valence-corrected chi connectivity index (χ2v) is 7.34. The maximum atomic E-state index is 9.24. The van der Waals surface area contributed by atoms with E-state index in [4.69, 9.17) is 20.3 Å². The van der Waals surface area contributed by atoms with Crippen LogP contribution in [0.4, 0.5) is 0 Å². The Hall–Kier alpha value is -3.89.